The second-order valence-corrected chi connectivity index (χ2v) is 12.1. The fourth-order valence-corrected chi connectivity index (χ4v) is 6.62. The number of benzene rings is 3. The van der Waals surface area contributed by atoms with Gasteiger partial charge in [-0.25, -0.2) is 9.67 Å². The molecule has 1 fully saturated rings. The molecule has 0 bridgehead atoms. The van der Waals surface area contributed by atoms with Gasteiger partial charge < -0.3 is 4.42 Å². The Morgan fingerprint density at radius 3 is 2.55 bits per heavy atom. The van der Waals surface area contributed by atoms with Crippen molar-refractivity contribution >= 4 is 22.7 Å². The zero-order valence-electron chi connectivity index (χ0n) is 24.2. The fourth-order valence-electron chi connectivity index (χ4n) is 6.31. The average Bonchev–Trinajstić information content (AvgIpc) is 3.77. The van der Waals surface area contributed by atoms with Gasteiger partial charge in [0.1, 0.15) is 11.6 Å². The van der Waals surface area contributed by atoms with Crippen LogP contribution in [0.4, 0.5) is 0 Å². The van der Waals surface area contributed by atoms with Crippen molar-refractivity contribution in [3.05, 3.63) is 87.7 Å². The highest BCUT2D eigenvalue weighted by molar-refractivity contribution is 6.35. The van der Waals surface area contributed by atoms with Crippen LogP contribution in [0.1, 0.15) is 54.6 Å². The number of oxazole rings is 1. The van der Waals surface area contributed by atoms with Gasteiger partial charge >= 0.3 is 0 Å². The van der Waals surface area contributed by atoms with Crippen molar-refractivity contribution in [2.75, 3.05) is 13.1 Å². The van der Waals surface area contributed by atoms with Crippen LogP contribution < -0.4 is 0 Å². The third-order valence-corrected chi connectivity index (χ3v) is 9.09. The van der Waals surface area contributed by atoms with Gasteiger partial charge in [-0.1, -0.05) is 35.9 Å². The molecular weight excluding hydrogens is 544 g/mol. The highest BCUT2D eigenvalue weighted by Gasteiger charge is 2.26. The van der Waals surface area contributed by atoms with E-state index in [2.05, 4.69) is 55.0 Å². The molecule has 0 atom stereocenters. The molecular formula is C34H33ClN6O. The molecule has 0 radical (unpaired) electrons. The van der Waals surface area contributed by atoms with E-state index in [9.17, 15) is 5.26 Å². The van der Waals surface area contributed by atoms with Gasteiger partial charge in [-0.3, -0.25) is 9.80 Å². The summed E-state index contributed by atoms with van der Waals surface area (Å²) in [5.41, 5.74) is 9.89. The van der Waals surface area contributed by atoms with Crippen LogP contribution in [0.25, 0.3) is 39.4 Å². The molecule has 2 aromatic heterocycles. The van der Waals surface area contributed by atoms with Gasteiger partial charge in [0.15, 0.2) is 5.58 Å². The zero-order valence-corrected chi connectivity index (χ0v) is 24.9. The summed E-state index contributed by atoms with van der Waals surface area (Å²) >= 11 is 7.09. The van der Waals surface area contributed by atoms with Crippen molar-refractivity contribution in [1.82, 2.24) is 24.6 Å². The van der Waals surface area contributed by atoms with Gasteiger partial charge in [0.25, 0.3) is 0 Å². The number of fused-ring (bicyclic) bond motifs is 2. The van der Waals surface area contributed by atoms with Gasteiger partial charge in [0, 0.05) is 48.6 Å². The first kappa shape index (κ1) is 26.9. The van der Waals surface area contributed by atoms with Gasteiger partial charge in [-0.15, -0.1) is 0 Å². The summed E-state index contributed by atoms with van der Waals surface area (Å²) in [6.07, 6.45) is 4.56. The van der Waals surface area contributed by atoms with Crippen molar-refractivity contribution in [3.63, 3.8) is 0 Å². The van der Waals surface area contributed by atoms with E-state index >= 15 is 0 Å². The maximum atomic E-state index is 9.90. The second kappa shape index (κ2) is 10.7. The van der Waals surface area contributed by atoms with Crippen LogP contribution in [0.5, 0.6) is 0 Å². The molecule has 42 heavy (non-hydrogen) atoms. The molecule has 8 heteroatoms. The van der Waals surface area contributed by atoms with E-state index in [1.54, 1.807) is 0 Å². The molecule has 4 heterocycles. The van der Waals surface area contributed by atoms with Crippen LogP contribution in [0.2, 0.25) is 5.02 Å². The smallest absolute Gasteiger partial charge is 0.227 e. The Labute approximate surface area is 250 Å². The number of nitriles is 1. The number of hydrogen-bond acceptors (Lipinski definition) is 6. The normalized spacial score (nSPS) is 15.6. The summed E-state index contributed by atoms with van der Waals surface area (Å²) in [5, 5.41) is 15.4. The van der Waals surface area contributed by atoms with Crippen LogP contribution in [-0.2, 0) is 19.6 Å². The summed E-state index contributed by atoms with van der Waals surface area (Å²) < 4.78 is 8.17. The predicted octanol–water partition coefficient (Wildman–Crippen LogP) is 7.50. The van der Waals surface area contributed by atoms with Crippen LogP contribution in [-0.4, -0.2) is 43.7 Å². The number of likely N-dealkylation sites (tertiary alicyclic amines) is 1. The van der Waals surface area contributed by atoms with E-state index in [0.717, 1.165) is 71.9 Å². The van der Waals surface area contributed by atoms with E-state index in [1.165, 1.54) is 18.4 Å². The number of halogens is 1. The van der Waals surface area contributed by atoms with Gasteiger partial charge in [0.05, 0.1) is 22.0 Å². The topological polar surface area (TPSA) is 74.1 Å². The highest BCUT2D eigenvalue weighted by atomic mass is 35.5. The van der Waals surface area contributed by atoms with Crippen LogP contribution in [0.15, 0.2) is 59.1 Å². The van der Waals surface area contributed by atoms with E-state index in [0.29, 0.717) is 33.6 Å². The SMILES string of the molecule is Cc1c(-c2nc3cc(CN4CCCC4)cc(C#N)c3o2)cccc1-c1cccc(-n2cc3c(n2)CN(C(C)C)C3)c1Cl. The minimum atomic E-state index is 0.486. The van der Waals surface area contributed by atoms with Crippen molar-refractivity contribution in [2.45, 2.75) is 59.3 Å². The van der Waals surface area contributed by atoms with Gasteiger partial charge in [-0.2, -0.15) is 10.4 Å². The first-order valence-electron chi connectivity index (χ1n) is 14.7. The monoisotopic (exact) mass is 576 g/mol. The maximum absolute atomic E-state index is 9.90. The Bertz CT molecular complexity index is 1830. The lowest BCUT2D eigenvalue weighted by Gasteiger charge is -2.19. The lowest BCUT2D eigenvalue weighted by atomic mass is 9.96. The van der Waals surface area contributed by atoms with E-state index in [4.69, 9.17) is 26.1 Å². The van der Waals surface area contributed by atoms with Crippen molar-refractivity contribution in [3.8, 4) is 34.3 Å². The molecule has 7 rings (SSSR count). The molecule has 0 N–H and O–H groups in total. The van der Waals surface area contributed by atoms with Gasteiger partial charge in [-0.05, 0) is 87.7 Å². The number of rotatable bonds is 6. The zero-order chi connectivity index (χ0) is 29.0. The van der Waals surface area contributed by atoms with E-state index in [-0.39, 0.29) is 0 Å². The molecule has 212 valence electrons. The standard InChI is InChI=1S/C34H33ClN6O/c1-21(2)40-18-25-19-41(38-30(25)20-40)31-11-7-10-28(32(31)35)26-8-6-9-27(22(26)3)34-37-29-15-23(17-39-12-4-5-13-39)14-24(16-36)33(29)42-34/h6-11,14-15,19,21H,4-5,12-13,17-18,20H2,1-3H3. The largest absolute Gasteiger partial charge is 0.435 e. The summed E-state index contributed by atoms with van der Waals surface area (Å²) in [6.45, 7) is 11.3. The Kier molecular flexibility index (Phi) is 6.86. The molecule has 1 saturated heterocycles. The van der Waals surface area contributed by atoms with E-state index in [1.807, 2.05) is 41.1 Å². The Balaban J connectivity index is 1.24. The maximum Gasteiger partial charge on any atom is 0.227 e. The molecule has 0 spiro atoms. The van der Waals surface area contributed by atoms with Crippen molar-refractivity contribution < 1.29 is 4.42 Å². The lowest BCUT2D eigenvalue weighted by Crippen LogP contribution is -2.25. The molecule has 7 nitrogen and oxygen atoms in total. The molecule has 2 aliphatic rings. The van der Waals surface area contributed by atoms with E-state index < -0.39 is 0 Å². The van der Waals surface area contributed by atoms with Crippen molar-refractivity contribution in [2.24, 2.45) is 0 Å². The first-order chi connectivity index (χ1) is 20.4. The highest BCUT2D eigenvalue weighted by Crippen LogP contribution is 2.39. The Hall–Kier alpha value is -3.96. The number of nitrogens with zero attached hydrogens (tertiary/aromatic N) is 6. The number of hydrogen-bond donors (Lipinski definition) is 0. The second-order valence-electron chi connectivity index (χ2n) is 11.8. The summed E-state index contributed by atoms with van der Waals surface area (Å²) in [6, 6.07) is 19.0. The quantitative estimate of drug-likeness (QED) is 0.208. The third kappa shape index (κ3) is 4.70. The van der Waals surface area contributed by atoms with Crippen LogP contribution >= 0.6 is 11.6 Å². The molecule has 0 unspecified atom stereocenters. The molecule has 3 aromatic carbocycles. The molecule has 2 aliphatic heterocycles. The van der Waals surface area contributed by atoms with Crippen molar-refractivity contribution in [1.29, 1.82) is 5.26 Å². The molecule has 0 saturated carbocycles. The Morgan fingerprint density at radius 2 is 1.79 bits per heavy atom. The summed E-state index contributed by atoms with van der Waals surface area (Å²) in [5.74, 6) is 0.504. The molecule has 0 amide bonds. The summed E-state index contributed by atoms with van der Waals surface area (Å²) in [4.78, 5) is 9.70. The summed E-state index contributed by atoms with van der Waals surface area (Å²) in [7, 11) is 0. The number of aromatic nitrogens is 3. The molecule has 5 aromatic rings. The Morgan fingerprint density at radius 1 is 1.02 bits per heavy atom. The fraction of sp³-hybridized carbons (Fsp3) is 0.324. The third-order valence-electron chi connectivity index (χ3n) is 8.69. The average molecular weight is 577 g/mol. The minimum absolute atomic E-state index is 0.486. The lowest BCUT2D eigenvalue weighted by molar-refractivity contribution is 0.224. The first-order valence-corrected chi connectivity index (χ1v) is 15.0. The minimum Gasteiger partial charge on any atom is -0.435 e. The van der Waals surface area contributed by atoms with Crippen LogP contribution in [0.3, 0.4) is 0 Å². The predicted molar refractivity (Wildman–Crippen MR) is 165 cm³/mol. The van der Waals surface area contributed by atoms with Gasteiger partial charge in [0.2, 0.25) is 5.89 Å². The van der Waals surface area contributed by atoms with Crippen LogP contribution in [0, 0.1) is 18.3 Å². The molecule has 0 aliphatic carbocycles.